The van der Waals surface area contributed by atoms with Gasteiger partial charge in [0.25, 0.3) is 0 Å². The highest BCUT2D eigenvalue weighted by molar-refractivity contribution is 5.45. The van der Waals surface area contributed by atoms with Crippen LogP contribution in [0.2, 0.25) is 0 Å². The lowest BCUT2D eigenvalue weighted by Gasteiger charge is -2.23. The maximum absolute atomic E-state index is 3.98. The number of rotatable bonds is 4. The number of para-hydroxylation sites is 1. The summed E-state index contributed by atoms with van der Waals surface area (Å²) >= 11 is 0. The summed E-state index contributed by atoms with van der Waals surface area (Å²) in [6.45, 7) is 9.30. The van der Waals surface area contributed by atoms with E-state index in [1.165, 1.54) is 11.3 Å². The fourth-order valence-electron chi connectivity index (χ4n) is 1.35. The second kappa shape index (κ2) is 4.85. The van der Waals surface area contributed by atoms with Crippen molar-refractivity contribution < 1.29 is 0 Å². The molecule has 0 aliphatic rings. The van der Waals surface area contributed by atoms with Gasteiger partial charge in [-0.2, -0.15) is 0 Å². The molecular weight excluding hydrogens is 170 g/mol. The molecule has 1 heteroatoms. The molecule has 0 fully saturated rings. The van der Waals surface area contributed by atoms with E-state index >= 15 is 0 Å². The van der Waals surface area contributed by atoms with Crippen LogP contribution in [0.1, 0.15) is 13.8 Å². The van der Waals surface area contributed by atoms with Crippen LogP contribution in [0.5, 0.6) is 0 Å². The summed E-state index contributed by atoms with van der Waals surface area (Å²) in [7, 11) is 2.12. The largest absolute Gasteiger partial charge is 0.374 e. The molecule has 0 aliphatic heterocycles. The number of benzene rings is 1. The van der Waals surface area contributed by atoms with Crippen LogP contribution in [0.4, 0.5) is 5.69 Å². The smallest absolute Gasteiger partial charge is 0.0363 e. The van der Waals surface area contributed by atoms with Gasteiger partial charge in [0.15, 0.2) is 0 Å². The third kappa shape index (κ3) is 2.91. The van der Waals surface area contributed by atoms with Gasteiger partial charge < -0.3 is 4.90 Å². The zero-order valence-corrected chi connectivity index (χ0v) is 9.33. The summed E-state index contributed by atoms with van der Waals surface area (Å²) in [6.07, 6.45) is 0. The molecule has 1 aromatic carbocycles. The molecule has 14 heavy (non-hydrogen) atoms. The maximum Gasteiger partial charge on any atom is 0.0363 e. The van der Waals surface area contributed by atoms with Gasteiger partial charge in [0.2, 0.25) is 0 Å². The van der Waals surface area contributed by atoms with E-state index in [0.717, 1.165) is 6.54 Å². The first kappa shape index (κ1) is 10.8. The summed E-state index contributed by atoms with van der Waals surface area (Å²) in [6, 6.07) is 10.4. The molecule has 0 N–H and O–H groups in total. The first-order valence-corrected chi connectivity index (χ1v) is 5.03. The average Bonchev–Trinajstić information content (AvgIpc) is 2.19. The monoisotopic (exact) mass is 189 g/mol. The van der Waals surface area contributed by atoms with Crippen LogP contribution in [-0.4, -0.2) is 13.6 Å². The Balaban J connectivity index is 2.59. The Morgan fingerprint density at radius 1 is 1.36 bits per heavy atom. The van der Waals surface area contributed by atoms with Crippen LogP contribution < -0.4 is 4.90 Å². The van der Waals surface area contributed by atoms with Crippen molar-refractivity contribution in [3.05, 3.63) is 42.5 Å². The maximum atomic E-state index is 3.98. The van der Waals surface area contributed by atoms with Gasteiger partial charge in [0.1, 0.15) is 0 Å². The molecular formula is C13H19N. The molecule has 0 saturated heterocycles. The molecule has 76 valence electrons. The van der Waals surface area contributed by atoms with E-state index in [1.807, 2.05) is 6.07 Å². The molecule has 0 aliphatic carbocycles. The zero-order chi connectivity index (χ0) is 10.6. The molecule has 0 radical (unpaired) electrons. The van der Waals surface area contributed by atoms with Crippen LogP contribution in [0.15, 0.2) is 42.5 Å². The highest BCUT2D eigenvalue weighted by Gasteiger charge is 2.06. The quantitative estimate of drug-likeness (QED) is 0.657. The van der Waals surface area contributed by atoms with E-state index in [0.29, 0.717) is 5.92 Å². The predicted octanol–water partition coefficient (Wildman–Crippen LogP) is 3.34. The SMILES string of the molecule is C=C(C)C(C)CN(C)c1ccccc1. The number of hydrogen-bond acceptors (Lipinski definition) is 1. The van der Waals surface area contributed by atoms with Gasteiger partial charge in [-0.1, -0.05) is 37.3 Å². The molecule has 0 amide bonds. The van der Waals surface area contributed by atoms with Gasteiger partial charge in [0.05, 0.1) is 0 Å². The number of anilines is 1. The van der Waals surface area contributed by atoms with Crippen molar-refractivity contribution in [3.8, 4) is 0 Å². The number of hydrogen-bond donors (Lipinski definition) is 0. The Morgan fingerprint density at radius 3 is 2.43 bits per heavy atom. The van der Waals surface area contributed by atoms with Crippen LogP contribution in [-0.2, 0) is 0 Å². The minimum absolute atomic E-state index is 0.542. The average molecular weight is 189 g/mol. The van der Waals surface area contributed by atoms with Crippen molar-refractivity contribution in [1.29, 1.82) is 0 Å². The van der Waals surface area contributed by atoms with E-state index in [2.05, 4.69) is 56.6 Å². The molecule has 0 aromatic heterocycles. The van der Waals surface area contributed by atoms with Gasteiger partial charge in [-0.05, 0) is 25.0 Å². The van der Waals surface area contributed by atoms with E-state index in [9.17, 15) is 0 Å². The fourth-order valence-corrected chi connectivity index (χ4v) is 1.35. The first-order chi connectivity index (χ1) is 6.61. The first-order valence-electron chi connectivity index (χ1n) is 5.03. The summed E-state index contributed by atoms with van der Waals surface area (Å²) < 4.78 is 0. The predicted molar refractivity (Wildman–Crippen MR) is 63.7 cm³/mol. The van der Waals surface area contributed by atoms with Crippen molar-refractivity contribution in [2.45, 2.75) is 13.8 Å². The summed E-state index contributed by atoms with van der Waals surface area (Å²) in [5.74, 6) is 0.542. The Morgan fingerprint density at radius 2 is 1.93 bits per heavy atom. The normalized spacial score (nSPS) is 12.2. The molecule has 1 rings (SSSR count). The molecule has 0 heterocycles. The van der Waals surface area contributed by atoms with Crippen molar-refractivity contribution in [2.24, 2.45) is 5.92 Å². The summed E-state index contributed by atoms with van der Waals surface area (Å²) in [5, 5.41) is 0. The lowest BCUT2D eigenvalue weighted by Crippen LogP contribution is -2.24. The van der Waals surface area contributed by atoms with Crippen LogP contribution in [0.25, 0.3) is 0 Å². The molecule has 1 unspecified atom stereocenters. The minimum atomic E-state index is 0.542. The Kier molecular flexibility index (Phi) is 3.75. The lowest BCUT2D eigenvalue weighted by atomic mass is 10.0. The van der Waals surface area contributed by atoms with Gasteiger partial charge in [-0.25, -0.2) is 0 Å². The highest BCUT2D eigenvalue weighted by atomic mass is 15.1. The van der Waals surface area contributed by atoms with Gasteiger partial charge in [-0.15, -0.1) is 0 Å². The molecule has 1 nitrogen and oxygen atoms in total. The third-order valence-electron chi connectivity index (χ3n) is 2.59. The van der Waals surface area contributed by atoms with E-state index < -0.39 is 0 Å². The fraction of sp³-hybridized carbons (Fsp3) is 0.385. The Labute approximate surface area is 87.1 Å². The number of nitrogens with zero attached hydrogens (tertiary/aromatic N) is 1. The molecule has 1 atom stereocenters. The molecule has 0 bridgehead atoms. The van der Waals surface area contributed by atoms with Crippen LogP contribution in [0.3, 0.4) is 0 Å². The van der Waals surface area contributed by atoms with Gasteiger partial charge in [0, 0.05) is 19.3 Å². The summed E-state index contributed by atoms with van der Waals surface area (Å²) in [4.78, 5) is 2.26. The molecule has 0 spiro atoms. The summed E-state index contributed by atoms with van der Waals surface area (Å²) in [5.41, 5.74) is 2.51. The van der Waals surface area contributed by atoms with Crippen molar-refractivity contribution in [3.63, 3.8) is 0 Å². The minimum Gasteiger partial charge on any atom is -0.374 e. The van der Waals surface area contributed by atoms with Gasteiger partial charge >= 0.3 is 0 Å². The van der Waals surface area contributed by atoms with Gasteiger partial charge in [-0.3, -0.25) is 0 Å². The zero-order valence-electron chi connectivity index (χ0n) is 9.33. The van der Waals surface area contributed by atoms with Crippen molar-refractivity contribution in [1.82, 2.24) is 0 Å². The standard InChI is InChI=1S/C13H19N/c1-11(2)12(3)10-14(4)13-8-6-5-7-9-13/h5-9,12H,1,10H2,2-4H3. The van der Waals surface area contributed by atoms with Crippen molar-refractivity contribution in [2.75, 3.05) is 18.5 Å². The Bertz CT molecular complexity index is 289. The lowest BCUT2D eigenvalue weighted by molar-refractivity contribution is 0.667. The topological polar surface area (TPSA) is 3.24 Å². The highest BCUT2D eigenvalue weighted by Crippen LogP contribution is 2.15. The van der Waals surface area contributed by atoms with E-state index in [-0.39, 0.29) is 0 Å². The van der Waals surface area contributed by atoms with Crippen molar-refractivity contribution >= 4 is 5.69 Å². The Hall–Kier alpha value is -1.24. The second-order valence-corrected chi connectivity index (χ2v) is 3.96. The van der Waals surface area contributed by atoms with Crippen LogP contribution >= 0.6 is 0 Å². The molecule has 1 aromatic rings. The second-order valence-electron chi connectivity index (χ2n) is 3.96. The van der Waals surface area contributed by atoms with E-state index in [1.54, 1.807) is 0 Å². The molecule has 0 saturated carbocycles. The van der Waals surface area contributed by atoms with Crippen LogP contribution in [0, 0.1) is 5.92 Å². The third-order valence-corrected chi connectivity index (χ3v) is 2.59. The van der Waals surface area contributed by atoms with E-state index in [4.69, 9.17) is 0 Å².